The van der Waals surface area contributed by atoms with Crippen LogP contribution in [-0.4, -0.2) is 16.8 Å². The van der Waals surface area contributed by atoms with Gasteiger partial charge in [0.15, 0.2) is 0 Å². The van der Waals surface area contributed by atoms with Crippen molar-refractivity contribution in [3.05, 3.63) is 53.0 Å². The van der Waals surface area contributed by atoms with Gasteiger partial charge in [-0.3, -0.25) is 4.68 Å². The number of hydrogen-bond acceptors (Lipinski definition) is 3. The maximum absolute atomic E-state index is 6.07. The third-order valence-corrected chi connectivity index (χ3v) is 3.67. The summed E-state index contributed by atoms with van der Waals surface area (Å²) in [6, 6.07) is 10.4. The summed E-state index contributed by atoms with van der Waals surface area (Å²) in [6.07, 6.45) is 0. The molecule has 0 spiro atoms. The zero-order valence-electron chi connectivity index (χ0n) is 12.3. The molecule has 0 radical (unpaired) electrons. The molecule has 0 bridgehead atoms. The van der Waals surface area contributed by atoms with Crippen molar-refractivity contribution < 1.29 is 4.42 Å². The summed E-state index contributed by atoms with van der Waals surface area (Å²) in [5, 5.41) is 8.86. The molecule has 20 heavy (non-hydrogen) atoms. The molecule has 0 fully saturated rings. The van der Waals surface area contributed by atoms with Crippen LogP contribution in [0.15, 0.2) is 34.7 Å². The number of rotatable bonds is 3. The van der Waals surface area contributed by atoms with Crippen LogP contribution in [0.4, 0.5) is 0 Å². The fourth-order valence-electron chi connectivity index (χ4n) is 2.71. The second-order valence-electron chi connectivity index (χ2n) is 5.20. The van der Waals surface area contributed by atoms with E-state index in [2.05, 4.69) is 47.7 Å². The molecule has 0 aliphatic rings. The van der Waals surface area contributed by atoms with Gasteiger partial charge in [-0.15, -0.1) is 0 Å². The lowest BCUT2D eigenvalue weighted by Gasteiger charge is -2.13. The zero-order chi connectivity index (χ0) is 14.3. The summed E-state index contributed by atoms with van der Waals surface area (Å²) in [4.78, 5) is 0. The summed E-state index contributed by atoms with van der Waals surface area (Å²) in [5.74, 6) is 0.916. The summed E-state index contributed by atoms with van der Waals surface area (Å²) < 4.78 is 7.97. The van der Waals surface area contributed by atoms with Crippen LogP contribution in [0, 0.1) is 13.8 Å². The number of nitrogens with one attached hydrogen (secondary N) is 1. The van der Waals surface area contributed by atoms with Crippen molar-refractivity contribution in [3.8, 4) is 0 Å². The summed E-state index contributed by atoms with van der Waals surface area (Å²) in [7, 11) is 3.90. The first-order valence-corrected chi connectivity index (χ1v) is 6.77. The van der Waals surface area contributed by atoms with Gasteiger partial charge in [0.1, 0.15) is 17.4 Å². The normalized spacial score (nSPS) is 13.0. The van der Waals surface area contributed by atoms with Gasteiger partial charge in [0.25, 0.3) is 0 Å². The van der Waals surface area contributed by atoms with Gasteiger partial charge in [-0.25, -0.2) is 0 Å². The van der Waals surface area contributed by atoms with Gasteiger partial charge in [0.2, 0.25) is 0 Å². The van der Waals surface area contributed by atoms with Crippen LogP contribution >= 0.6 is 0 Å². The van der Waals surface area contributed by atoms with Crippen molar-refractivity contribution in [3.63, 3.8) is 0 Å². The Bertz CT molecular complexity index is 754. The number of nitrogens with zero attached hydrogens (tertiary/aromatic N) is 2. The SMILES string of the molecule is CNC(c1cc2cccc(C)c2o1)c1cc(C)nn1C. The minimum Gasteiger partial charge on any atom is -0.459 e. The molecule has 2 aromatic heterocycles. The Morgan fingerprint density at radius 1 is 1.25 bits per heavy atom. The predicted molar refractivity (Wildman–Crippen MR) is 79.8 cm³/mol. The van der Waals surface area contributed by atoms with Gasteiger partial charge in [0.05, 0.1) is 11.4 Å². The summed E-state index contributed by atoms with van der Waals surface area (Å²) in [5.41, 5.74) is 4.23. The van der Waals surface area contributed by atoms with Crippen molar-refractivity contribution in [2.24, 2.45) is 7.05 Å². The van der Waals surface area contributed by atoms with Crippen molar-refractivity contribution in [1.82, 2.24) is 15.1 Å². The minimum atomic E-state index is 0.00741. The predicted octanol–water partition coefficient (Wildman–Crippen LogP) is 3.09. The van der Waals surface area contributed by atoms with E-state index < -0.39 is 0 Å². The zero-order valence-corrected chi connectivity index (χ0v) is 12.3. The number of benzene rings is 1. The molecule has 0 aliphatic heterocycles. The maximum Gasteiger partial charge on any atom is 0.137 e. The lowest BCUT2D eigenvalue weighted by Crippen LogP contribution is -2.20. The van der Waals surface area contributed by atoms with Crippen LogP contribution in [0.25, 0.3) is 11.0 Å². The molecule has 2 heterocycles. The van der Waals surface area contributed by atoms with Crippen LogP contribution in [0.5, 0.6) is 0 Å². The van der Waals surface area contributed by atoms with Gasteiger partial charge in [-0.2, -0.15) is 5.10 Å². The Balaban J connectivity index is 2.12. The lowest BCUT2D eigenvalue weighted by molar-refractivity contribution is 0.472. The van der Waals surface area contributed by atoms with E-state index in [1.54, 1.807) is 0 Å². The van der Waals surface area contributed by atoms with Crippen LogP contribution in [0.3, 0.4) is 0 Å². The first-order valence-electron chi connectivity index (χ1n) is 6.77. The van der Waals surface area contributed by atoms with Gasteiger partial charge >= 0.3 is 0 Å². The first-order chi connectivity index (χ1) is 9.60. The Morgan fingerprint density at radius 2 is 2.05 bits per heavy atom. The average molecular weight is 269 g/mol. The summed E-state index contributed by atoms with van der Waals surface area (Å²) in [6.45, 7) is 4.07. The highest BCUT2D eigenvalue weighted by Crippen LogP contribution is 2.29. The van der Waals surface area contributed by atoms with E-state index in [0.29, 0.717) is 0 Å². The van der Waals surface area contributed by atoms with Gasteiger partial charge < -0.3 is 9.73 Å². The quantitative estimate of drug-likeness (QED) is 0.794. The van der Waals surface area contributed by atoms with E-state index in [-0.39, 0.29) is 6.04 Å². The van der Waals surface area contributed by atoms with Crippen LogP contribution in [0.1, 0.15) is 28.8 Å². The second kappa shape index (κ2) is 4.80. The van der Waals surface area contributed by atoms with E-state index in [4.69, 9.17) is 4.42 Å². The molecule has 1 aromatic carbocycles. The fourth-order valence-corrected chi connectivity index (χ4v) is 2.71. The van der Waals surface area contributed by atoms with Crippen molar-refractivity contribution in [2.45, 2.75) is 19.9 Å². The van der Waals surface area contributed by atoms with Crippen LogP contribution in [-0.2, 0) is 7.05 Å². The highest BCUT2D eigenvalue weighted by Gasteiger charge is 2.20. The van der Waals surface area contributed by atoms with E-state index in [0.717, 1.165) is 33.7 Å². The number of aryl methyl sites for hydroxylation is 3. The molecular weight excluding hydrogens is 250 g/mol. The van der Waals surface area contributed by atoms with Gasteiger partial charge in [-0.05, 0) is 38.6 Å². The Morgan fingerprint density at radius 3 is 2.65 bits per heavy atom. The summed E-state index contributed by atoms with van der Waals surface area (Å²) >= 11 is 0. The average Bonchev–Trinajstić information content (AvgIpc) is 2.96. The van der Waals surface area contributed by atoms with Crippen LogP contribution in [0.2, 0.25) is 0 Å². The van der Waals surface area contributed by atoms with Crippen molar-refractivity contribution in [1.29, 1.82) is 0 Å². The molecule has 3 aromatic rings. The molecule has 1 unspecified atom stereocenters. The monoisotopic (exact) mass is 269 g/mol. The number of furan rings is 1. The Labute approximate surface area is 118 Å². The molecular formula is C16H19N3O. The van der Waals surface area contributed by atoms with E-state index >= 15 is 0 Å². The van der Waals surface area contributed by atoms with Crippen LogP contribution < -0.4 is 5.32 Å². The van der Waals surface area contributed by atoms with Crippen molar-refractivity contribution >= 4 is 11.0 Å². The molecule has 0 aliphatic carbocycles. The number of hydrogen-bond donors (Lipinski definition) is 1. The molecule has 0 saturated carbocycles. The van der Waals surface area contributed by atoms with E-state index in [1.165, 1.54) is 0 Å². The number of para-hydroxylation sites is 1. The second-order valence-corrected chi connectivity index (χ2v) is 5.20. The third kappa shape index (κ3) is 2.02. The molecule has 1 atom stereocenters. The lowest BCUT2D eigenvalue weighted by atomic mass is 10.1. The van der Waals surface area contributed by atoms with E-state index in [9.17, 15) is 0 Å². The third-order valence-electron chi connectivity index (χ3n) is 3.67. The molecule has 4 heteroatoms. The standard InChI is InChI=1S/C16H19N3O/c1-10-6-5-7-12-9-14(20-16(10)12)15(17-3)13-8-11(2)18-19(13)4/h5-9,15,17H,1-4H3. The number of aromatic nitrogens is 2. The maximum atomic E-state index is 6.07. The molecule has 0 amide bonds. The van der Waals surface area contributed by atoms with Crippen molar-refractivity contribution in [2.75, 3.05) is 7.05 Å². The Hall–Kier alpha value is -2.07. The first kappa shape index (κ1) is 12.9. The molecule has 0 saturated heterocycles. The Kier molecular flexibility index (Phi) is 3.10. The molecule has 3 rings (SSSR count). The number of fused-ring (bicyclic) bond motifs is 1. The smallest absolute Gasteiger partial charge is 0.137 e. The van der Waals surface area contributed by atoms with Gasteiger partial charge in [0, 0.05) is 12.4 Å². The van der Waals surface area contributed by atoms with E-state index in [1.807, 2.05) is 25.7 Å². The minimum absolute atomic E-state index is 0.00741. The highest BCUT2D eigenvalue weighted by molar-refractivity contribution is 5.81. The molecule has 1 N–H and O–H groups in total. The highest BCUT2D eigenvalue weighted by atomic mass is 16.3. The largest absolute Gasteiger partial charge is 0.459 e. The molecule has 104 valence electrons. The topological polar surface area (TPSA) is 43.0 Å². The fraction of sp³-hybridized carbons (Fsp3) is 0.312. The van der Waals surface area contributed by atoms with Gasteiger partial charge in [-0.1, -0.05) is 18.2 Å². The molecule has 4 nitrogen and oxygen atoms in total.